The summed E-state index contributed by atoms with van der Waals surface area (Å²) in [5.41, 5.74) is 1.22. The first kappa shape index (κ1) is 25.7. The fourth-order valence-corrected chi connectivity index (χ4v) is 6.16. The minimum Gasteiger partial charge on any atom is -0.469 e. The van der Waals surface area contributed by atoms with Crippen LogP contribution in [0.4, 0.5) is 11.6 Å². The molecule has 35 heavy (non-hydrogen) atoms. The fraction of sp³-hybridized carbons (Fsp3) is 0.261. The van der Waals surface area contributed by atoms with Gasteiger partial charge in [0.05, 0.1) is 24.7 Å². The number of amides is 1. The predicted molar refractivity (Wildman–Crippen MR) is 136 cm³/mol. The van der Waals surface area contributed by atoms with Gasteiger partial charge in [0, 0.05) is 27.4 Å². The third kappa shape index (κ3) is 5.40. The number of halogens is 3. The van der Waals surface area contributed by atoms with Gasteiger partial charge in [-0.05, 0) is 42.3 Å². The van der Waals surface area contributed by atoms with E-state index in [2.05, 4.69) is 25.7 Å². The minimum absolute atomic E-state index is 0.0366. The summed E-state index contributed by atoms with van der Waals surface area (Å²) in [5.74, 6) is -0.997. The Morgan fingerprint density at radius 1 is 1.14 bits per heavy atom. The topological polar surface area (TPSA) is 98.6 Å². The van der Waals surface area contributed by atoms with Crippen LogP contribution in [0.5, 0.6) is 0 Å². The molecule has 1 aromatic heterocycles. The first-order valence-corrected chi connectivity index (χ1v) is 13.7. The van der Waals surface area contributed by atoms with Crippen molar-refractivity contribution in [1.82, 2.24) is 9.55 Å². The molecule has 1 aliphatic rings. The molecule has 1 amide bonds. The quantitative estimate of drug-likeness (QED) is 0.332. The first-order valence-electron chi connectivity index (χ1n) is 10.5. The third-order valence-electron chi connectivity index (χ3n) is 5.55. The summed E-state index contributed by atoms with van der Waals surface area (Å²) >= 11 is 15.7. The molecule has 1 unspecified atom stereocenters. The Hall–Kier alpha value is -2.40. The summed E-state index contributed by atoms with van der Waals surface area (Å²) in [7, 11) is -2.62. The number of hydrogen-bond acceptors (Lipinski definition) is 6. The molecular formula is C23H20BrCl2N3O5S. The molecule has 0 saturated heterocycles. The van der Waals surface area contributed by atoms with Crippen LogP contribution >= 0.6 is 39.1 Å². The number of nitrogens with zero attached hydrogens (tertiary/aromatic N) is 3. The number of carbonyl (C=O) groups is 2. The van der Waals surface area contributed by atoms with Gasteiger partial charge in [-0.25, -0.2) is 18.3 Å². The molecule has 2 aromatic carbocycles. The number of aromatic nitrogens is 2. The molecule has 0 aliphatic carbocycles. The van der Waals surface area contributed by atoms with Crippen molar-refractivity contribution in [2.45, 2.75) is 30.3 Å². The maximum atomic E-state index is 13.7. The zero-order valence-electron chi connectivity index (χ0n) is 18.4. The van der Waals surface area contributed by atoms with Crippen LogP contribution in [-0.2, 0) is 30.6 Å². The van der Waals surface area contributed by atoms with Gasteiger partial charge in [-0.2, -0.15) is 0 Å². The molecule has 1 atom stereocenters. The standard InChI is InChI=1S/C23H20BrCl2N3O5S/c1-34-21(30)3-2-8-35(32,33)20-13-27-23-28(18-11-16(25)10-17(26)12-18)22(31)19(29(20)23)9-14-4-6-15(24)7-5-14/h4-7,10-13,19H,2-3,8-9H2,1H3. The molecule has 0 N–H and O–H groups in total. The molecule has 8 nitrogen and oxygen atoms in total. The second-order valence-electron chi connectivity index (χ2n) is 7.91. The van der Waals surface area contributed by atoms with Crippen molar-refractivity contribution in [2.75, 3.05) is 17.8 Å². The molecular weight excluding hydrogens is 581 g/mol. The molecule has 1 aliphatic heterocycles. The van der Waals surface area contributed by atoms with Gasteiger partial charge in [0.1, 0.15) is 6.04 Å². The lowest BCUT2D eigenvalue weighted by Gasteiger charge is -2.17. The molecule has 0 radical (unpaired) electrons. The number of esters is 1. The number of benzene rings is 2. The average molecular weight is 601 g/mol. The lowest BCUT2D eigenvalue weighted by atomic mass is 10.1. The minimum atomic E-state index is -3.87. The van der Waals surface area contributed by atoms with Gasteiger partial charge >= 0.3 is 5.97 Å². The summed E-state index contributed by atoms with van der Waals surface area (Å²) in [5, 5.41) is 0.555. The van der Waals surface area contributed by atoms with Gasteiger partial charge in [-0.1, -0.05) is 51.3 Å². The number of ether oxygens (including phenoxy) is 1. The Morgan fingerprint density at radius 2 is 1.80 bits per heavy atom. The maximum Gasteiger partial charge on any atom is 0.305 e. The van der Waals surface area contributed by atoms with Crippen molar-refractivity contribution in [3.05, 3.63) is 68.7 Å². The number of anilines is 2. The van der Waals surface area contributed by atoms with E-state index in [0.717, 1.165) is 10.0 Å². The Labute approximate surface area is 220 Å². The highest BCUT2D eigenvalue weighted by Crippen LogP contribution is 2.41. The SMILES string of the molecule is COC(=O)CCCS(=O)(=O)c1cnc2n1C(Cc1ccc(Br)cc1)C(=O)N2c1cc(Cl)cc(Cl)c1. The molecule has 0 spiro atoms. The molecule has 12 heteroatoms. The van der Waals surface area contributed by atoms with Crippen LogP contribution < -0.4 is 4.90 Å². The van der Waals surface area contributed by atoms with E-state index >= 15 is 0 Å². The van der Waals surface area contributed by atoms with Gasteiger partial charge in [-0.15, -0.1) is 0 Å². The smallest absolute Gasteiger partial charge is 0.305 e. The van der Waals surface area contributed by atoms with E-state index in [1.807, 2.05) is 24.3 Å². The number of fused-ring (bicyclic) bond motifs is 1. The number of carbonyl (C=O) groups excluding carboxylic acids is 2. The van der Waals surface area contributed by atoms with Crippen molar-refractivity contribution >= 4 is 72.5 Å². The van der Waals surface area contributed by atoms with E-state index in [4.69, 9.17) is 23.2 Å². The van der Waals surface area contributed by atoms with Crippen LogP contribution in [-0.4, -0.2) is 42.7 Å². The van der Waals surface area contributed by atoms with Gasteiger partial charge in [-0.3, -0.25) is 14.2 Å². The number of sulfone groups is 1. The monoisotopic (exact) mass is 599 g/mol. The summed E-state index contributed by atoms with van der Waals surface area (Å²) in [6.45, 7) is 0. The molecule has 184 valence electrons. The maximum absolute atomic E-state index is 13.7. The molecule has 4 rings (SSSR count). The van der Waals surface area contributed by atoms with Crippen LogP contribution in [0, 0.1) is 0 Å². The highest BCUT2D eigenvalue weighted by atomic mass is 79.9. The van der Waals surface area contributed by atoms with Crippen molar-refractivity contribution < 1.29 is 22.7 Å². The fourth-order valence-electron chi connectivity index (χ4n) is 3.93. The summed E-state index contributed by atoms with van der Waals surface area (Å²) in [6, 6.07) is 11.2. The van der Waals surface area contributed by atoms with Crippen molar-refractivity contribution in [3.8, 4) is 0 Å². The van der Waals surface area contributed by atoms with Gasteiger partial charge < -0.3 is 4.74 Å². The Morgan fingerprint density at radius 3 is 2.43 bits per heavy atom. The summed E-state index contributed by atoms with van der Waals surface area (Å²) < 4.78 is 33.4. The second kappa shape index (κ2) is 10.3. The van der Waals surface area contributed by atoms with Crippen LogP contribution in [0.15, 0.2) is 58.2 Å². The Balaban J connectivity index is 1.77. The second-order valence-corrected chi connectivity index (χ2v) is 11.8. The average Bonchev–Trinajstić information content (AvgIpc) is 3.33. The lowest BCUT2D eigenvalue weighted by Crippen LogP contribution is -2.27. The Bertz CT molecular complexity index is 1370. The largest absolute Gasteiger partial charge is 0.469 e. The van der Waals surface area contributed by atoms with E-state index in [1.54, 1.807) is 12.1 Å². The van der Waals surface area contributed by atoms with Gasteiger partial charge in [0.25, 0.3) is 5.91 Å². The van der Waals surface area contributed by atoms with Gasteiger partial charge in [0.15, 0.2) is 14.9 Å². The van der Waals surface area contributed by atoms with E-state index in [1.165, 1.54) is 28.8 Å². The molecule has 0 bridgehead atoms. The number of rotatable bonds is 8. The number of imidazole rings is 1. The predicted octanol–water partition coefficient (Wildman–Crippen LogP) is 5.14. The highest BCUT2D eigenvalue weighted by molar-refractivity contribution is 9.10. The molecule has 0 fully saturated rings. The molecule has 2 heterocycles. The van der Waals surface area contributed by atoms with E-state index in [0.29, 0.717) is 15.7 Å². The highest BCUT2D eigenvalue weighted by Gasteiger charge is 2.43. The van der Waals surface area contributed by atoms with Crippen molar-refractivity contribution in [1.29, 1.82) is 0 Å². The van der Waals surface area contributed by atoms with Crippen LogP contribution in [0.1, 0.15) is 24.4 Å². The Kier molecular flexibility index (Phi) is 7.56. The van der Waals surface area contributed by atoms with Gasteiger partial charge in [0.2, 0.25) is 5.95 Å². The zero-order chi connectivity index (χ0) is 25.3. The molecule has 3 aromatic rings. The normalized spacial score (nSPS) is 15.4. The zero-order valence-corrected chi connectivity index (χ0v) is 22.4. The third-order valence-corrected chi connectivity index (χ3v) is 8.28. The number of hydrogen-bond donors (Lipinski definition) is 0. The van der Waals surface area contributed by atoms with Crippen LogP contribution in [0.3, 0.4) is 0 Å². The van der Waals surface area contributed by atoms with Crippen LogP contribution in [0.25, 0.3) is 0 Å². The van der Waals surface area contributed by atoms with E-state index in [9.17, 15) is 18.0 Å². The summed E-state index contributed by atoms with van der Waals surface area (Å²) in [4.78, 5) is 30.7. The lowest BCUT2D eigenvalue weighted by molar-refractivity contribution is -0.140. The van der Waals surface area contributed by atoms with Crippen molar-refractivity contribution in [3.63, 3.8) is 0 Å². The van der Waals surface area contributed by atoms with Crippen LogP contribution in [0.2, 0.25) is 10.0 Å². The first-order chi connectivity index (χ1) is 16.6. The summed E-state index contributed by atoms with van der Waals surface area (Å²) in [6.07, 6.45) is 1.52. The molecule has 0 saturated carbocycles. The number of methoxy groups -OCH3 is 1. The van der Waals surface area contributed by atoms with E-state index in [-0.39, 0.29) is 41.9 Å². The van der Waals surface area contributed by atoms with E-state index < -0.39 is 21.8 Å². The van der Waals surface area contributed by atoms with Crippen molar-refractivity contribution in [2.24, 2.45) is 0 Å².